The van der Waals surface area contributed by atoms with E-state index in [-0.39, 0.29) is 41.7 Å². The molecular weight excluding hydrogens is 514 g/mol. The third-order valence-corrected chi connectivity index (χ3v) is 7.54. The largest absolute Gasteiger partial charge is 0.465 e. The monoisotopic (exact) mass is 534 g/mol. The number of piperazine rings is 1. The number of benzene rings is 2. The molecule has 1 saturated heterocycles. The summed E-state index contributed by atoms with van der Waals surface area (Å²) in [5.41, 5.74) is 0.438. The van der Waals surface area contributed by atoms with Gasteiger partial charge in [-0.05, 0) is 24.3 Å². The second-order valence-corrected chi connectivity index (χ2v) is 9.94. The van der Waals surface area contributed by atoms with Crippen molar-refractivity contribution >= 4 is 45.2 Å². The number of hydrogen-bond acceptors (Lipinski definition) is 6. The molecule has 1 aliphatic carbocycles. The van der Waals surface area contributed by atoms with Crippen molar-refractivity contribution in [3.63, 3.8) is 0 Å². The van der Waals surface area contributed by atoms with E-state index in [9.17, 15) is 19.6 Å². The molecule has 8 nitrogen and oxygen atoms in total. The minimum Gasteiger partial charge on any atom is -0.465 e. The van der Waals surface area contributed by atoms with Gasteiger partial charge in [0.1, 0.15) is 28.7 Å². The van der Waals surface area contributed by atoms with Crippen LogP contribution in [-0.4, -0.2) is 56.7 Å². The standard InChI is InChI=1S/C27H21ClF2N6O2/c28-21-19(29)7-6-14-2-1-3-17(20(14)21)23-22(30)24-18(12-32-23)26(34-25(33-24)15-4-5-15)35-10-11-36(27(37)38)16(13-35)8-9-31/h1-3,6-7,12,15-16H,4-5,8,10-11,13H2,(H,37,38)/t16-/m0/s1. The molecule has 2 aromatic heterocycles. The smallest absolute Gasteiger partial charge is 0.407 e. The van der Waals surface area contributed by atoms with E-state index in [1.807, 2.05) is 4.90 Å². The molecule has 2 aliphatic rings. The van der Waals surface area contributed by atoms with Crippen molar-refractivity contribution in [2.75, 3.05) is 24.5 Å². The molecule has 38 heavy (non-hydrogen) atoms. The fourth-order valence-corrected chi connectivity index (χ4v) is 5.37. The number of nitriles is 1. The van der Waals surface area contributed by atoms with E-state index in [0.29, 0.717) is 39.9 Å². The second-order valence-electron chi connectivity index (χ2n) is 9.57. The van der Waals surface area contributed by atoms with Crippen molar-refractivity contribution in [1.29, 1.82) is 5.26 Å². The summed E-state index contributed by atoms with van der Waals surface area (Å²) in [5.74, 6) is -0.183. The molecule has 1 atom stereocenters. The molecule has 1 amide bonds. The van der Waals surface area contributed by atoms with Crippen LogP contribution in [0.4, 0.5) is 19.4 Å². The van der Waals surface area contributed by atoms with Crippen LogP contribution in [0.3, 0.4) is 0 Å². The number of rotatable bonds is 4. The summed E-state index contributed by atoms with van der Waals surface area (Å²) in [4.78, 5) is 28.6. The van der Waals surface area contributed by atoms with Crippen molar-refractivity contribution in [3.05, 3.63) is 59.0 Å². The number of anilines is 1. The van der Waals surface area contributed by atoms with Gasteiger partial charge in [0.2, 0.25) is 0 Å². The highest BCUT2D eigenvalue weighted by atomic mass is 35.5. The van der Waals surface area contributed by atoms with E-state index in [4.69, 9.17) is 16.6 Å². The molecule has 1 saturated carbocycles. The molecule has 2 aromatic carbocycles. The Kier molecular flexibility index (Phi) is 5.95. The zero-order valence-corrected chi connectivity index (χ0v) is 20.8. The van der Waals surface area contributed by atoms with Crippen LogP contribution in [0.15, 0.2) is 36.5 Å². The van der Waals surface area contributed by atoms with Crippen LogP contribution in [-0.2, 0) is 0 Å². The molecular formula is C27H21ClF2N6O2. The summed E-state index contributed by atoms with van der Waals surface area (Å²) in [5, 5.41) is 20.1. The molecule has 3 heterocycles. The van der Waals surface area contributed by atoms with Crippen molar-refractivity contribution in [2.45, 2.75) is 31.2 Å². The minimum atomic E-state index is -1.08. The van der Waals surface area contributed by atoms with Crippen molar-refractivity contribution in [3.8, 4) is 17.3 Å². The van der Waals surface area contributed by atoms with Gasteiger partial charge in [-0.1, -0.05) is 35.9 Å². The van der Waals surface area contributed by atoms with Crippen molar-refractivity contribution in [1.82, 2.24) is 19.9 Å². The normalized spacial score (nSPS) is 17.7. The zero-order chi connectivity index (χ0) is 26.6. The molecule has 1 aliphatic heterocycles. The Hall–Kier alpha value is -4.10. The Morgan fingerprint density at radius 1 is 1.18 bits per heavy atom. The summed E-state index contributed by atoms with van der Waals surface area (Å²) < 4.78 is 30.6. The number of carbonyl (C=O) groups is 1. The SMILES string of the molecule is N#CC[C@H]1CN(c2nc(C3CC3)nc3c(F)c(-c4cccc5ccc(F)c(Cl)c45)ncc23)CCN1C(=O)O. The van der Waals surface area contributed by atoms with E-state index in [2.05, 4.69) is 16.0 Å². The Morgan fingerprint density at radius 2 is 2.00 bits per heavy atom. The maximum Gasteiger partial charge on any atom is 0.407 e. The number of carboxylic acid groups (broad SMARTS) is 1. The first-order valence-electron chi connectivity index (χ1n) is 12.2. The number of pyridine rings is 1. The molecule has 0 unspecified atom stereocenters. The fourth-order valence-electron chi connectivity index (χ4n) is 5.10. The molecule has 0 spiro atoms. The van der Waals surface area contributed by atoms with Crippen LogP contribution in [0.2, 0.25) is 5.02 Å². The summed E-state index contributed by atoms with van der Waals surface area (Å²) >= 11 is 6.30. The molecule has 192 valence electrons. The summed E-state index contributed by atoms with van der Waals surface area (Å²) in [6.45, 7) is 0.740. The van der Waals surface area contributed by atoms with Gasteiger partial charge in [0.25, 0.3) is 0 Å². The number of amides is 1. The van der Waals surface area contributed by atoms with Gasteiger partial charge in [0.05, 0.1) is 28.9 Å². The first-order valence-corrected chi connectivity index (χ1v) is 12.6. The van der Waals surface area contributed by atoms with Crippen molar-refractivity contribution < 1.29 is 18.7 Å². The van der Waals surface area contributed by atoms with Gasteiger partial charge in [0, 0.05) is 42.7 Å². The minimum absolute atomic E-state index is 0.0000467. The van der Waals surface area contributed by atoms with Gasteiger partial charge in [-0.15, -0.1) is 0 Å². The molecule has 0 radical (unpaired) electrons. The van der Waals surface area contributed by atoms with E-state index in [1.165, 1.54) is 17.2 Å². The Labute approximate surface area is 221 Å². The van der Waals surface area contributed by atoms with Crippen LogP contribution >= 0.6 is 11.6 Å². The van der Waals surface area contributed by atoms with E-state index in [0.717, 1.165) is 12.8 Å². The van der Waals surface area contributed by atoms with E-state index < -0.39 is 23.8 Å². The average Bonchev–Trinajstić information content (AvgIpc) is 3.76. The number of fused-ring (bicyclic) bond motifs is 2. The van der Waals surface area contributed by atoms with Gasteiger partial charge in [-0.25, -0.2) is 23.5 Å². The number of halogens is 3. The Bertz CT molecular complexity index is 1650. The zero-order valence-electron chi connectivity index (χ0n) is 20.0. The van der Waals surface area contributed by atoms with Crippen LogP contribution in [0.25, 0.3) is 32.9 Å². The molecule has 4 aromatic rings. The maximum atomic E-state index is 16.3. The summed E-state index contributed by atoms with van der Waals surface area (Å²) in [7, 11) is 0. The van der Waals surface area contributed by atoms with Crippen LogP contribution < -0.4 is 4.90 Å². The van der Waals surface area contributed by atoms with E-state index >= 15 is 4.39 Å². The first kappa shape index (κ1) is 24.2. The van der Waals surface area contributed by atoms with Gasteiger partial charge in [-0.2, -0.15) is 5.26 Å². The van der Waals surface area contributed by atoms with Crippen LogP contribution in [0.5, 0.6) is 0 Å². The number of hydrogen-bond donors (Lipinski definition) is 1. The first-order chi connectivity index (χ1) is 18.4. The fraction of sp³-hybridized carbons (Fsp3) is 0.296. The molecule has 0 bridgehead atoms. The lowest BCUT2D eigenvalue weighted by Gasteiger charge is -2.40. The molecule has 2 fully saturated rings. The van der Waals surface area contributed by atoms with Gasteiger partial charge < -0.3 is 14.9 Å². The molecule has 1 N–H and O–H groups in total. The average molecular weight is 535 g/mol. The lowest BCUT2D eigenvalue weighted by molar-refractivity contribution is 0.119. The van der Waals surface area contributed by atoms with Gasteiger partial charge >= 0.3 is 6.09 Å². The third kappa shape index (κ3) is 4.03. The predicted octanol–water partition coefficient (Wildman–Crippen LogP) is 5.74. The Morgan fingerprint density at radius 3 is 2.74 bits per heavy atom. The van der Waals surface area contributed by atoms with Gasteiger partial charge in [0.15, 0.2) is 5.82 Å². The number of nitrogens with zero attached hydrogens (tertiary/aromatic N) is 6. The summed E-state index contributed by atoms with van der Waals surface area (Å²) in [6, 6.07) is 9.50. The predicted molar refractivity (Wildman–Crippen MR) is 138 cm³/mol. The summed E-state index contributed by atoms with van der Waals surface area (Å²) in [6.07, 6.45) is 2.23. The highest BCUT2D eigenvalue weighted by Crippen LogP contribution is 2.42. The molecule has 6 rings (SSSR count). The van der Waals surface area contributed by atoms with Crippen molar-refractivity contribution in [2.24, 2.45) is 0 Å². The lowest BCUT2D eigenvalue weighted by atomic mass is 10.0. The van der Waals surface area contributed by atoms with Crippen LogP contribution in [0, 0.1) is 23.0 Å². The highest BCUT2D eigenvalue weighted by Gasteiger charge is 2.34. The number of aromatic nitrogens is 3. The highest BCUT2D eigenvalue weighted by molar-refractivity contribution is 6.36. The maximum absolute atomic E-state index is 16.3. The third-order valence-electron chi connectivity index (χ3n) is 7.17. The lowest BCUT2D eigenvalue weighted by Crippen LogP contribution is -2.55. The quantitative estimate of drug-likeness (QED) is 0.356. The van der Waals surface area contributed by atoms with Crippen LogP contribution in [0.1, 0.15) is 31.0 Å². The second kappa shape index (κ2) is 9.33. The molecule has 11 heteroatoms. The topological polar surface area (TPSA) is 106 Å². The van der Waals surface area contributed by atoms with E-state index in [1.54, 1.807) is 24.3 Å². The Balaban J connectivity index is 1.51. The van der Waals surface area contributed by atoms with Gasteiger partial charge in [-0.3, -0.25) is 4.98 Å².